The maximum atomic E-state index is 14.3. The Morgan fingerprint density at radius 3 is 2.26 bits per heavy atom. The van der Waals surface area contributed by atoms with E-state index in [9.17, 15) is 14.7 Å². The van der Waals surface area contributed by atoms with Gasteiger partial charge in [-0.3, -0.25) is 9.59 Å². The molecule has 4 saturated carbocycles. The van der Waals surface area contributed by atoms with Gasteiger partial charge >= 0.3 is 5.97 Å². The van der Waals surface area contributed by atoms with Crippen molar-refractivity contribution in [2.24, 2.45) is 50.2 Å². The monoisotopic (exact) mass is 484 g/mol. The molecule has 0 bridgehead atoms. The van der Waals surface area contributed by atoms with Crippen molar-refractivity contribution in [3.05, 3.63) is 11.6 Å². The summed E-state index contributed by atoms with van der Waals surface area (Å²) in [5.74, 6) is 0.805. The number of carbonyl (C=O) groups is 2. The summed E-state index contributed by atoms with van der Waals surface area (Å²) in [5, 5.41) is 10.9. The Morgan fingerprint density at radius 2 is 1.60 bits per heavy atom. The molecular weight excluding hydrogens is 436 g/mol. The normalized spacial score (nSPS) is 52.8. The van der Waals surface area contributed by atoms with E-state index >= 15 is 0 Å². The fourth-order valence-electron chi connectivity index (χ4n) is 10.6. The first-order valence-electron chi connectivity index (χ1n) is 14.1. The smallest absolute Gasteiger partial charge is 0.311 e. The number of allylic oxidation sites excluding steroid dienone is 2. The second-order valence-corrected chi connectivity index (χ2v) is 15.1. The molecule has 0 spiro atoms. The van der Waals surface area contributed by atoms with Crippen molar-refractivity contribution in [3.8, 4) is 0 Å². The van der Waals surface area contributed by atoms with E-state index in [2.05, 4.69) is 54.5 Å². The number of aliphatic hydroxyl groups excluding tert-OH is 1. The van der Waals surface area contributed by atoms with Crippen molar-refractivity contribution in [2.45, 2.75) is 112 Å². The quantitative estimate of drug-likeness (QED) is 0.431. The average molecular weight is 485 g/mol. The van der Waals surface area contributed by atoms with Gasteiger partial charge in [-0.2, -0.15) is 0 Å². The molecule has 4 nitrogen and oxygen atoms in total. The van der Waals surface area contributed by atoms with E-state index in [4.69, 9.17) is 4.74 Å². The van der Waals surface area contributed by atoms with Crippen LogP contribution in [-0.2, 0) is 14.3 Å². The summed E-state index contributed by atoms with van der Waals surface area (Å²) in [6.07, 6.45) is 10.5. The summed E-state index contributed by atoms with van der Waals surface area (Å²) in [5.41, 5.74) is 0.590. The number of carbonyl (C=O) groups excluding carboxylic acids is 2. The van der Waals surface area contributed by atoms with Crippen LogP contribution in [0.15, 0.2) is 11.6 Å². The molecule has 5 rings (SSSR count). The van der Waals surface area contributed by atoms with Crippen LogP contribution in [0.4, 0.5) is 0 Å². The van der Waals surface area contributed by atoms with E-state index in [0.29, 0.717) is 11.7 Å². The first kappa shape index (κ1) is 25.5. The number of ketones is 1. The van der Waals surface area contributed by atoms with Gasteiger partial charge in [0.15, 0.2) is 5.78 Å². The van der Waals surface area contributed by atoms with E-state index in [1.54, 1.807) is 0 Å². The van der Waals surface area contributed by atoms with Crippen LogP contribution < -0.4 is 0 Å². The number of aliphatic hydroxyl groups is 1. The second-order valence-electron chi connectivity index (χ2n) is 15.1. The van der Waals surface area contributed by atoms with E-state index in [1.807, 2.05) is 0 Å². The topological polar surface area (TPSA) is 63.6 Å². The van der Waals surface area contributed by atoms with Crippen molar-refractivity contribution >= 4 is 11.8 Å². The molecule has 5 aliphatic carbocycles. The Kier molecular flexibility index (Phi) is 5.43. The minimum absolute atomic E-state index is 0.00536. The summed E-state index contributed by atoms with van der Waals surface area (Å²) in [4.78, 5) is 27.1. The fourth-order valence-corrected chi connectivity index (χ4v) is 10.6. The largest absolute Gasteiger partial charge is 0.469 e. The lowest BCUT2D eigenvalue weighted by Crippen LogP contribution is -2.66. The molecule has 0 amide bonds. The van der Waals surface area contributed by atoms with Gasteiger partial charge in [-0.15, -0.1) is 0 Å². The SMILES string of the molecule is COC(=O)[C@@]1(C)CC[C@]2(C)CC[C@]3(C)C(=CC(=O)[C@@H]4[C@@]5(C)CC[C@H](O)C(C)(C)[C@@H]5CC[C@]43C)[C@H]2C1. The molecule has 0 aromatic rings. The Balaban J connectivity index is 1.61. The summed E-state index contributed by atoms with van der Waals surface area (Å²) in [7, 11) is 1.50. The van der Waals surface area contributed by atoms with E-state index in [0.717, 1.165) is 57.8 Å². The van der Waals surface area contributed by atoms with Gasteiger partial charge in [0.1, 0.15) is 0 Å². The first-order valence-corrected chi connectivity index (χ1v) is 14.1. The number of esters is 1. The molecule has 0 aliphatic heterocycles. The zero-order valence-corrected chi connectivity index (χ0v) is 23.4. The Hall–Kier alpha value is -1.16. The lowest BCUT2D eigenvalue weighted by molar-refractivity contribution is -0.202. The molecule has 5 aliphatic rings. The molecule has 0 saturated heterocycles. The predicted molar refractivity (Wildman–Crippen MR) is 137 cm³/mol. The molecule has 4 heteroatoms. The van der Waals surface area contributed by atoms with Crippen molar-refractivity contribution in [1.82, 2.24) is 0 Å². The lowest BCUT2D eigenvalue weighted by Gasteiger charge is -2.70. The molecule has 0 heterocycles. The molecule has 0 unspecified atom stereocenters. The van der Waals surface area contributed by atoms with Crippen molar-refractivity contribution in [1.29, 1.82) is 0 Å². The Bertz CT molecular complexity index is 980. The van der Waals surface area contributed by atoms with Gasteiger partial charge in [-0.05, 0) is 110 Å². The summed E-state index contributed by atoms with van der Waals surface area (Å²) >= 11 is 0. The highest BCUT2D eigenvalue weighted by molar-refractivity contribution is 5.95. The minimum atomic E-state index is -0.480. The highest BCUT2D eigenvalue weighted by Crippen LogP contribution is 2.75. The summed E-state index contributed by atoms with van der Waals surface area (Å²) in [6, 6.07) is 0. The third kappa shape index (κ3) is 3.07. The third-order valence-electron chi connectivity index (χ3n) is 13.2. The fraction of sp³-hybridized carbons (Fsp3) is 0.871. The summed E-state index contributed by atoms with van der Waals surface area (Å²) < 4.78 is 5.25. The molecule has 0 aromatic carbocycles. The van der Waals surface area contributed by atoms with Gasteiger partial charge in [0.05, 0.1) is 18.6 Å². The van der Waals surface area contributed by atoms with Crippen LogP contribution in [-0.4, -0.2) is 30.1 Å². The number of fused-ring (bicyclic) bond motifs is 7. The van der Waals surface area contributed by atoms with Crippen LogP contribution in [0.2, 0.25) is 0 Å². The van der Waals surface area contributed by atoms with Gasteiger partial charge in [0, 0.05) is 5.92 Å². The highest BCUT2D eigenvalue weighted by atomic mass is 16.5. The van der Waals surface area contributed by atoms with E-state index in [1.165, 1.54) is 12.7 Å². The number of methoxy groups -OCH3 is 1. The Labute approximate surface area is 212 Å². The Morgan fingerprint density at radius 1 is 0.943 bits per heavy atom. The third-order valence-corrected chi connectivity index (χ3v) is 13.2. The van der Waals surface area contributed by atoms with Gasteiger partial charge in [-0.1, -0.05) is 47.1 Å². The number of hydrogen-bond donors (Lipinski definition) is 1. The van der Waals surface area contributed by atoms with E-state index in [-0.39, 0.29) is 51.0 Å². The number of hydrogen-bond acceptors (Lipinski definition) is 4. The zero-order chi connectivity index (χ0) is 25.8. The van der Waals surface area contributed by atoms with Crippen LogP contribution in [0.5, 0.6) is 0 Å². The number of rotatable bonds is 1. The van der Waals surface area contributed by atoms with Crippen LogP contribution in [0, 0.1) is 50.2 Å². The van der Waals surface area contributed by atoms with Gasteiger partial charge in [0.25, 0.3) is 0 Å². The second kappa shape index (κ2) is 7.45. The van der Waals surface area contributed by atoms with Crippen molar-refractivity contribution < 1.29 is 19.4 Å². The molecule has 196 valence electrons. The molecule has 0 radical (unpaired) electrons. The van der Waals surface area contributed by atoms with Gasteiger partial charge < -0.3 is 9.84 Å². The summed E-state index contributed by atoms with van der Waals surface area (Å²) in [6.45, 7) is 16.2. The molecule has 35 heavy (non-hydrogen) atoms. The molecule has 4 fully saturated rings. The van der Waals surface area contributed by atoms with E-state index < -0.39 is 5.41 Å². The average Bonchev–Trinajstić information content (AvgIpc) is 2.78. The van der Waals surface area contributed by atoms with Crippen LogP contribution in [0.1, 0.15) is 106 Å². The van der Waals surface area contributed by atoms with Crippen LogP contribution in [0.25, 0.3) is 0 Å². The molecular formula is C31H48O4. The maximum Gasteiger partial charge on any atom is 0.311 e. The highest BCUT2D eigenvalue weighted by Gasteiger charge is 2.70. The van der Waals surface area contributed by atoms with Crippen LogP contribution in [0.3, 0.4) is 0 Å². The molecule has 9 atom stereocenters. The standard InChI is InChI=1S/C31H48O4/c1-26(2)22-9-12-31(7)24(29(22,5)11-10-23(26)33)21(32)17-19-20-18-28(4,25(34)35-8)14-13-27(20,3)15-16-30(19,31)6/h17,20,22-24,33H,9-16,18H2,1-8H3/t20-,22+,23+,24-,27-,28+,29+,30-,31-/m1/s1. The lowest BCUT2D eigenvalue weighted by atomic mass is 9.33. The van der Waals surface area contributed by atoms with Crippen molar-refractivity contribution in [3.63, 3.8) is 0 Å². The van der Waals surface area contributed by atoms with Crippen molar-refractivity contribution in [2.75, 3.05) is 7.11 Å². The minimum Gasteiger partial charge on any atom is -0.469 e. The van der Waals surface area contributed by atoms with Crippen LogP contribution >= 0.6 is 0 Å². The number of ether oxygens (including phenoxy) is 1. The predicted octanol–water partition coefficient (Wildman–Crippen LogP) is 6.50. The van der Waals surface area contributed by atoms with Gasteiger partial charge in [0.2, 0.25) is 0 Å². The zero-order valence-electron chi connectivity index (χ0n) is 23.4. The molecule has 1 N–H and O–H groups in total. The maximum absolute atomic E-state index is 14.3. The van der Waals surface area contributed by atoms with Gasteiger partial charge in [-0.25, -0.2) is 0 Å². The molecule has 0 aromatic heterocycles. The first-order chi connectivity index (χ1) is 16.1.